The highest BCUT2D eigenvalue weighted by Crippen LogP contribution is 2.39. The summed E-state index contributed by atoms with van der Waals surface area (Å²) >= 11 is 1.66. The van der Waals surface area contributed by atoms with Gasteiger partial charge in [-0.05, 0) is 48.5 Å². The number of aromatic nitrogens is 1. The van der Waals surface area contributed by atoms with E-state index in [2.05, 4.69) is 31.1 Å². The minimum Gasteiger partial charge on any atom is -0.446 e. The van der Waals surface area contributed by atoms with E-state index in [4.69, 9.17) is 16.2 Å². The lowest BCUT2D eigenvalue weighted by atomic mass is 9.73. The number of carbonyl (C=O) groups is 1. The average molecular weight is 377 g/mol. The summed E-state index contributed by atoms with van der Waals surface area (Å²) in [6.45, 7) is 6.28. The molecule has 1 fully saturated rings. The molecule has 2 aromatic heterocycles. The standard InChI is InChI=1S/C19H28N4O2S/c1-19(2,3)17(25-18(21)24)11-4-6-12(7-5-11)23-15-13(20)10-22-14-8-9-26-16(14)15/h8-12,17H,4-7,20H2,1-3H3,(H2,21,24)(H,22,23). The Hall–Kier alpha value is -2.02. The molecule has 0 radical (unpaired) electrons. The van der Waals surface area contributed by atoms with Crippen LogP contribution in [0.3, 0.4) is 0 Å². The fraction of sp³-hybridized carbons (Fsp3) is 0.579. The van der Waals surface area contributed by atoms with Crippen LogP contribution < -0.4 is 16.8 Å². The van der Waals surface area contributed by atoms with Crippen LogP contribution in [-0.2, 0) is 4.74 Å². The first-order valence-corrected chi connectivity index (χ1v) is 9.98. The van der Waals surface area contributed by atoms with E-state index in [0.717, 1.165) is 41.6 Å². The number of hydrogen-bond donors (Lipinski definition) is 3. The molecule has 142 valence electrons. The molecule has 0 spiro atoms. The average Bonchev–Trinajstić information content (AvgIpc) is 3.04. The van der Waals surface area contributed by atoms with Gasteiger partial charge in [-0.3, -0.25) is 4.98 Å². The molecule has 0 saturated heterocycles. The van der Waals surface area contributed by atoms with Crippen molar-refractivity contribution >= 4 is 39.0 Å². The molecule has 1 amide bonds. The third kappa shape index (κ3) is 4.03. The summed E-state index contributed by atoms with van der Waals surface area (Å²) in [5.74, 6) is 0.331. The number of nitrogens with zero attached hydrogens (tertiary/aromatic N) is 1. The number of anilines is 2. The Labute approximate surface area is 158 Å². The van der Waals surface area contributed by atoms with Gasteiger partial charge in [-0.25, -0.2) is 4.79 Å². The fourth-order valence-electron chi connectivity index (χ4n) is 3.95. The number of hydrogen-bond acceptors (Lipinski definition) is 6. The number of rotatable bonds is 4. The van der Waals surface area contributed by atoms with Gasteiger partial charge >= 0.3 is 6.09 Å². The molecule has 2 aromatic rings. The summed E-state index contributed by atoms with van der Waals surface area (Å²) in [4.78, 5) is 15.7. The molecule has 0 aliphatic heterocycles. The predicted molar refractivity (Wildman–Crippen MR) is 107 cm³/mol. The number of carbonyl (C=O) groups excluding carboxylic acids is 1. The second-order valence-electron chi connectivity index (χ2n) is 8.20. The second kappa shape index (κ2) is 7.31. The van der Waals surface area contributed by atoms with E-state index in [0.29, 0.717) is 17.6 Å². The largest absolute Gasteiger partial charge is 0.446 e. The van der Waals surface area contributed by atoms with Crippen LogP contribution in [0.5, 0.6) is 0 Å². The molecule has 2 heterocycles. The van der Waals surface area contributed by atoms with Crippen LogP contribution in [0.4, 0.5) is 16.2 Å². The number of ether oxygens (including phenoxy) is 1. The van der Waals surface area contributed by atoms with Gasteiger partial charge in [0.05, 0.1) is 27.8 Å². The van der Waals surface area contributed by atoms with Crippen molar-refractivity contribution < 1.29 is 9.53 Å². The molecular weight excluding hydrogens is 348 g/mol. The van der Waals surface area contributed by atoms with E-state index in [-0.39, 0.29) is 11.5 Å². The van der Waals surface area contributed by atoms with Crippen molar-refractivity contribution in [1.29, 1.82) is 0 Å². The number of nitrogens with two attached hydrogens (primary N) is 2. The van der Waals surface area contributed by atoms with Crippen molar-refractivity contribution in [3.05, 3.63) is 17.6 Å². The Morgan fingerprint density at radius 2 is 2.04 bits per heavy atom. The van der Waals surface area contributed by atoms with Crippen LogP contribution in [0.15, 0.2) is 17.6 Å². The molecule has 1 atom stereocenters. The van der Waals surface area contributed by atoms with E-state index in [9.17, 15) is 4.79 Å². The lowest BCUT2D eigenvalue weighted by Gasteiger charge is -2.39. The number of thiophene rings is 1. The van der Waals surface area contributed by atoms with Gasteiger partial charge in [0.1, 0.15) is 6.10 Å². The Balaban J connectivity index is 1.67. The predicted octanol–water partition coefficient (Wildman–Crippen LogP) is 4.36. The monoisotopic (exact) mass is 376 g/mol. The summed E-state index contributed by atoms with van der Waals surface area (Å²) < 4.78 is 6.57. The van der Waals surface area contributed by atoms with Gasteiger partial charge in [0.2, 0.25) is 0 Å². The van der Waals surface area contributed by atoms with E-state index in [1.807, 2.05) is 11.4 Å². The van der Waals surface area contributed by atoms with Crippen LogP contribution in [0.1, 0.15) is 46.5 Å². The molecule has 1 saturated carbocycles. The molecule has 1 unspecified atom stereocenters. The highest BCUT2D eigenvalue weighted by atomic mass is 32.1. The van der Waals surface area contributed by atoms with E-state index in [1.54, 1.807) is 17.5 Å². The van der Waals surface area contributed by atoms with Gasteiger partial charge in [0.25, 0.3) is 0 Å². The van der Waals surface area contributed by atoms with Gasteiger partial charge in [0, 0.05) is 6.04 Å². The zero-order chi connectivity index (χ0) is 18.9. The summed E-state index contributed by atoms with van der Waals surface area (Å²) in [6.07, 6.45) is 4.88. The van der Waals surface area contributed by atoms with Crippen molar-refractivity contribution in [2.75, 3.05) is 11.1 Å². The Morgan fingerprint density at radius 1 is 1.35 bits per heavy atom. The Bertz CT molecular complexity index is 775. The van der Waals surface area contributed by atoms with Gasteiger partial charge in [0.15, 0.2) is 0 Å². The first-order valence-electron chi connectivity index (χ1n) is 9.10. The molecule has 3 rings (SSSR count). The molecule has 0 bridgehead atoms. The van der Waals surface area contributed by atoms with E-state index >= 15 is 0 Å². The molecule has 6 nitrogen and oxygen atoms in total. The lowest BCUT2D eigenvalue weighted by molar-refractivity contribution is -0.0156. The normalized spacial score (nSPS) is 22.1. The van der Waals surface area contributed by atoms with Crippen molar-refractivity contribution in [2.24, 2.45) is 17.1 Å². The minimum absolute atomic E-state index is 0.126. The van der Waals surface area contributed by atoms with Gasteiger partial charge in [-0.15, -0.1) is 11.3 Å². The number of nitrogens with one attached hydrogen (secondary N) is 1. The third-order valence-electron chi connectivity index (χ3n) is 5.15. The molecule has 5 N–H and O–H groups in total. The summed E-state index contributed by atoms with van der Waals surface area (Å²) in [7, 11) is 0. The SMILES string of the molecule is CC(C)(C)C(OC(N)=O)C1CCC(Nc2c(N)cnc3ccsc23)CC1. The van der Waals surface area contributed by atoms with E-state index in [1.165, 1.54) is 0 Å². The molecule has 7 heteroatoms. The number of fused-ring (bicyclic) bond motifs is 1. The number of nitrogen functional groups attached to an aromatic ring is 1. The summed E-state index contributed by atoms with van der Waals surface area (Å²) in [6, 6.07) is 2.37. The van der Waals surface area contributed by atoms with Gasteiger partial charge in [-0.2, -0.15) is 0 Å². The molecular formula is C19H28N4O2S. The van der Waals surface area contributed by atoms with E-state index < -0.39 is 6.09 Å². The maximum atomic E-state index is 11.3. The number of primary amides is 1. The lowest BCUT2D eigenvalue weighted by Crippen LogP contribution is -2.42. The van der Waals surface area contributed by atoms with Crippen molar-refractivity contribution in [1.82, 2.24) is 4.98 Å². The first kappa shape index (κ1) is 18.8. The van der Waals surface area contributed by atoms with Crippen LogP contribution in [0.25, 0.3) is 10.2 Å². The number of amides is 1. The maximum Gasteiger partial charge on any atom is 0.404 e. The van der Waals surface area contributed by atoms with Crippen LogP contribution in [0, 0.1) is 11.3 Å². The van der Waals surface area contributed by atoms with Crippen molar-refractivity contribution in [3.63, 3.8) is 0 Å². The van der Waals surface area contributed by atoms with Gasteiger partial charge < -0.3 is 21.5 Å². The van der Waals surface area contributed by atoms with Crippen LogP contribution >= 0.6 is 11.3 Å². The highest BCUT2D eigenvalue weighted by Gasteiger charge is 2.37. The molecule has 0 aromatic carbocycles. The molecule has 1 aliphatic carbocycles. The van der Waals surface area contributed by atoms with Crippen molar-refractivity contribution in [2.45, 2.75) is 58.6 Å². The van der Waals surface area contributed by atoms with Crippen LogP contribution in [-0.4, -0.2) is 23.2 Å². The Kier molecular flexibility index (Phi) is 5.27. The number of pyridine rings is 1. The molecule has 26 heavy (non-hydrogen) atoms. The fourth-order valence-corrected chi connectivity index (χ4v) is 4.82. The summed E-state index contributed by atoms with van der Waals surface area (Å²) in [5, 5.41) is 5.67. The summed E-state index contributed by atoms with van der Waals surface area (Å²) in [5.41, 5.74) is 14.0. The first-order chi connectivity index (χ1) is 12.3. The zero-order valence-electron chi connectivity index (χ0n) is 15.6. The quantitative estimate of drug-likeness (QED) is 0.735. The Morgan fingerprint density at radius 3 is 2.65 bits per heavy atom. The second-order valence-corrected chi connectivity index (χ2v) is 9.12. The molecule has 1 aliphatic rings. The minimum atomic E-state index is -0.685. The smallest absolute Gasteiger partial charge is 0.404 e. The third-order valence-corrected chi connectivity index (χ3v) is 6.07. The van der Waals surface area contributed by atoms with Crippen molar-refractivity contribution in [3.8, 4) is 0 Å². The zero-order valence-corrected chi connectivity index (χ0v) is 16.4. The van der Waals surface area contributed by atoms with Crippen LogP contribution in [0.2, 0.25) is 0 Å². The topological polar surface area (TPSA) is 103 Å². The highest BCUT2D eigenvalue weighted by molar-refractivity contribution is 7.17. The maximum absolute atomic E-state index is 11.3. The van der Waals surface area contributed by atoms with Gasteiger partial charge in [-0.1, -0.05) is 20.8 Å².